The van der Waals surface area contributed by atoms with Gasteiger partial charge in [-0.15, -0.1) is 0 Å². The van der Waals surface area contributed by atoms with Gasteiger partial charge in [-0.2, -0.15) is 0 Å². The molecule has 8 heavy (non-hydrogen) atoms. The maximum Gasteiger partial charge on any atom is 0.240 e. The van der Waals surface area contributed by atoms with Crippen LogP contribution in [0.3, 0.4) is 0 Å². The van der Waals surface area contributed by atoms with E-state index in [4.69, 9.17) is 11.6 Å². The van der Waals surface area contributed by atoms with Gasteiger partial charge in [-0.05, 0) is 11.6 Å². The molecule has 2 nitrogen and oxygen atoms in total. The van der Waals surface area contributed by atoms with Crippen LogP contribution in [0.5, 0.6) is 0 Å². The maximum atomic E-state index is 9.47. The van der Waals surface area contributed by atoms with Crippen molar-refractivity contribution in [2.45, 2.75) is 0 Å². The highest BCUT2D eigenvalue weighted by atomic mass is 35.5. The fourth-order valence-corrected chi connectivity index (χ4v) is 0. The zero-order valence-electron chi connectivity index (χ0n) is 4.43. The predicted octanol–water partition coefficient (Wildman–Crippen LogP) is 1.03. The molecule has 0 aromatic carbocycles. The second-order valence-electron chi connectivity index (χ2n) is 0.761. The first-order chi connectivity index (χ1) is 3.68. The number of hydrogen-bond acceptors (Lipinski definition) is 1. The number of carbonyl (C=O) groups excluding carboxylic acids is 1. The predicted molar refractivity (Wildman–Crippen MR) is 35.4 cm³/mol. The molecule has 0 radical (unpaired) electrons. The number of carbonyl (C=O) groups is 1. The standard InChI is InChI=1S/C3H5NO.C2H3Cl/c1-2-3(4)5;1-2-3/h2H,1H2,(H2,4,5);2H,1H2. The van der Waals surface area contributed by atoms with E-state index in [0.29, 0.717) is 0 Å². The summed E-state index contributed by atoms with van der Waals surface area (Å²) in [4.78, 5) is 9.47. The average molecular weight is 134 g/mol. The van der Waals surface area contributed by atoms with E-state index in [-0.39, 0.29) is 0 Å². The Labute approximate surface area is 53.6 Å². The number of rotatable bonds is 1. The summed E-state index contributed by atoms with van der Waals surface area (Å²) in [6, 6.07) is 0. The van der Waals surface area contributed by atoms with Crippen LogP contribution < -0.4 is 5.73 Å². The molecule has 0 atom stereocenters. The van der Waals surface area contributed by atoms with Gasteiger partial charge in [0.15, 0.2) is 0 Å². The van der Waals surface area contributed by atoms with Gasteiger partial charge >= 0.3 is 0 Å². The highest BCUT2D eigenvalue weighted by Crippen LogP contribution is 1.60. The summed E-state index contributed by atoms with van der Waals surface area (Å²) in [6.07, 6.45) is 1.06. The molecule has 0 fully saturated rings. The van der Waals surface area contributed by atoms with Crippen LogP contribution in [0, 0.1) is 0 Å². The van der Waals surface area contributed by atoms with Crippen LogP contribution in [-0.2, 0) is 4.79 Å². The van der Waals surface area contributed by atoms with Gasteiger partial charge in [-0.25, -0.2) is 0 Å². The lowest BCUT2D eigenvalue weighted by molar-refractivity contribution is -0.113. The molecule has 0 saturated carbocycles. The Balaban J connectivity index is 0. The molecule has 2 N–H and O–H groups in total. The molecular weight excluding hydrogens is 126 g/mol. The molecule has 0 aliphatic carbocycles. The summed E-state index contributed by atoms with van der Waals surface area (Å²) < 4.78 is 0. The molecule has 1 amide bonds. The molecule has 0 bridgehead atoms. The van der Waals surface area contributed by atoms with Crippen molar-refractivity contribution in [3.05, 3.63) is 24.8 Å². The maximum absolute atomic E-state index is 9.47. The molecule has 0 saturated heterocycles. The normalized spacial score (nSPS) is 5.62. The summed E-state index contributed by atoms with van der Waals surface area (Å²) in [7, 11) is 0. The molecule has 0 aliphatic rings. The summed E-state index contributed by atoms with van der Waals surface area (Å²) >= 11 is 4.76. The van der Waals surface area contributed by atoms with Crippen LogP contribution in [0.1, 0.15) is 0 Å². The van der Waals surface area contributed by atoms with E-state index >= 15 is 0 Å². The Kier molecular flexibility index (Phi) is 12.2. The monoisotopic (exact) mass is 133 g/mol. The highest BCUT2D eigenvalue weighted by molar-refractivity contribution is 6.25. The molecule has 46 valence electrons. The number of amides is 1. The summed E-state index contributed by atoms with van der Waals surface area (Å²) in [5.74, 6) is -0.481. The highest BCUT2D eigenvalue weighted by Gasteiger charge is 1.69. The Morgan fingerprint density at radius 2 is 1.75 bits per heavy atom. The minimum absolute atomic E-state index is 0.481. The minimum atomic E-state index is -0.481. The van der Waals surface area contributed by atoms with Crippen LogP contribution in [0.25, 0.3) is 0 Å². The van der Waals surface area contributed by atoms with Gasteiger partial charge in [0.1, 0.15) is 0 Å². The molecule has 0 spiro atoms. The Bertz CT molecular complexity index is 90.4. The van der Waals surface area contributed by atoms with E-state index in [1.54, 1.807) is 0 Å². The van der Waals surface area contributed by atoms with Gasteiger partial charge in [0, 0.05) is 0 Å². The molecule has 0 heterocycles. The lowest BCUT2D eigenvalue weighted by atomic mass is 10.6. The molecule has 3 heteroatoms. The number of halogens is 1. The van der Waals surface area contributed by atoms with Crippen molar-refractivity contribution in [3.63, 3.8) is 0 Å². The van der Waals surface area contributed by atoms with Gasteiger partial charge in [-0.1, -0.05) is 24.8 Å². The van der Waals surface area contributed by atoms with Crippen molar-refractivity contribution in [1.29, 1.82) is 0 Å². The topological polar surface area (TPSA) is 43.1 Å². The first kappa shape index (κ1) is 10.3. The lowest BCUT2D eigenvalue weighted by Crippen LogP contribution is -2.04. The molecular formula is C5H8ClNO. The third kappa shape index (κ3) is 61.3. The molecule has 0 aliphatic heterocycles. The molecule has 0 aromatic rings. The lowest BCUT2D eigenvalue weighted by Gasteiger charge is -1.65. The van der Waals surface area contributed by atoms with Crippen molar-refractivity contribution in [1.82, 2.24) is 0 Å². The van der Waals surface area contributed by atoms with Crippen LogP contribution in [0.2, 0.25) is 0 Å². The number of nitrogens with two attached hydrogens (primary N) is 1. The quantitative estimate of drug-likeness (QED) is 0.534. The van der Waals surface area contributed by atoms with Crippen LogP contribution in [0.15, 0.2) is 24.8 Å². The van der Waals surface area contributed by atoms with Crippen molar-refractivity contribution in [2.75, 3.05) is 0 Å². The van der Waals surface area contributed by atoms with Crippen LogP contribution >= 0.6 is 11.6 Å². The summed E-state index contributed by atoms with van der Waals surface area (Å²) in [6.45, 7) is 6.21. The summed E-state index contributed by atoms with van der Waals surface area (Å²) in [5.41, 5.74) is 5.76. The minimum Gasteiger partial charge on any atom is -0.366 e. The molecule has 0 rings (SSSR count). The van der Waals surface area contributed by atoms with Gasteiger partial charge in [-0.3, -0.25) is 4.79 Å². The second kappa shape index (κ2) is 9.53. The Hall–Kier alpha value is -0.760. The van der Waals surface area contributed by atoms with Crippen LogP contribution in [-0.4, -0.2) is 5.91 Å². The third-order valence-electron chi connectivity index (χ3n) is 0.201. The third-order valence-corrected chi connectivity index (χ3v) is 0.201. The SMILES string of the molecule is C=CC(N)=O.C=CCl. The van der Waals surface area contributed by atoms with Crippen LogP contribution in [0.4, 0.5) is 0 Å². The average Bonchev–Trinajstić information content (AvgIpc) is 1.69. The molecule has 0 unspecified atom stereocenters. The fourth-order valence-electron chi connectivity index (χ4n) is 0. The van der Waals surface area contributed by atoms with E-state index in [2.05, 4.69) is 18.9 Å². The first-order valence-electron chi connectivity index (χ1n) is 1.82. The zero-order chi connectivity index (χ0) is 6.99. The zero-order valence-corrected chi connectivity index (χ0v) is 5.19. The Morgan fingerprint density at radius 1 is 1.62 bits per heavy atom. The van der Waals surface area contributed by atoms with Gasteiger partial charge < -0.3 is 5.73 Å². The van der Waals surface area contributed by atoms with E-state index in [0.717, 1.165) is 6.08 Å². The smallest absolute Gasteiger partial charge is 0.240 e. The van der Waals surface area contributed by atoms with Crippen molar-refractivity contribution in [2.24, 2.45) is 5.73 Å². The van der Waals surface area contributed by atoms with Gasteiger partial charge in [0.05, 0.1) is 0 Å². The van der Waals surface area contributed by atoms with Crippen molar-refractivity contribution in [3.8, 4) is 0 Å². The van der Waals surface area contributed by atoms with Crippen molar-refractivity contribution >= 4 is 17.5 Å². The summed E-state index contributed by atoms with van der Waals surface area (Å²) in [5, 5.41) is 0. The van der Waals surface area contributed by atoms with Gasteiger partial charge in [0.2, 0.25) is 5.91 Å². The van der Waals surface area contributed by atoms with E-state index < -0.39 is 5.91 Å². The van der Waals surface area contributed by atoms with E-state index in [1.165, 1.54) is 5.54 Å². The van der Waals surface area contributed by atoms with Crippen molar-refractivity contribution < 1.29 is 4.79 Å². The Morgan fingerprint density at radius 3 is 1.75 bits per heavy atom. The molecule has 0 aromatic heterocycles. The van der Waals surface area contributed by atoms with E-state index in [1.807, 2.05) is 0 Å². The first-order valence-corrected chi connectivity index (χ1v) is 2.25. The fraction of sp³-hybridized carbons (Fsp3) is 0. The second-order valence-corrected chi connectivity index (χ2v) is 1.07. The number of primary amides is 1. The number of hydrogen-bond donors (Lipinski definition) is 1. The van der Waals surface area contributed by atoms with E-state index in [9.17, 15) is 4.79 Å². The van der Waals surface area contributed by atoms with Gasteiger partial charge in [0.25, 0.3) is 0 Å². The largest absolute Gasteiger partial charge is 0.366 e.